The second-order valence-electron chi connectivity index (χ2n) is 9.18. The number of piperidine rings is 1. The van der Waals surface area contributed by atoms with E-state index in [-0.39, 0.29) is 11.5 Å². The SMILES string of the molecule is Oc1ccc(-c2c(NCCCN3CCCCC3)cc3cc(O)ccc3c2Oc2ccccc2)cc1. The molecular formula is C30H32N2O3. The quantitative estimate of drug-likeness (QED) is 0.243. The summed E-state index contributed by atoms with van der Waals surface area (Å²) in [5.41, 5.74) is 2.82. The fourth-order valence-electron chi connectivity index (χ4n) is 4.84. The van der Waals surface area contributed by atoms with Crippen LogP contribution in [0.1, 0.15) is 25.7 Å². The average Bonchev–Trinajstić information content (AvgIpc) is 2.88. The van der Waals surface area contributed by atoms with E-state index >= 15 is 0 Å². The van der Waals surface area contributed by atoms with Crippen molar-refractivity contribution in [2.75, 3.05) is 31.5 Å². The number of nitrogens with one attached hydrogen (secondary N) is 1. The van der Waals surface area contributed by atoms with Gasteiger partial charge in [0.2, 0.25) is 0 Å². The van der Waals surface area contributed by atoms with Gasteiger partial charge in [0.15, 0.2) is 0 Å². The summed E-state index contributed by atoms with van der Waals surface area (Å²) in [7, 11) is 0. The molecule has 4 aromatic rings. The third-order valence-electron chi connectivity index (χ3n) is 6.61. The molecule has 0 unspecified atom stereocenters. The Morgan fingerprint density at radius 2 is 1.54 bits per heavy atom. The van der Waals surface area contributed by atoms with Gasteiger partial charge in [-0.2, -0.15) is 0 Å². The van der Waals surface area contributed by atoms with Crippen molar-refractivity contribution < 1.29 is 14.9 Å². The number of anilines is 1. The van der Waals surface area contributed by atoms with E-state index in [2.05, 4.69) is 16.3 Å². The van der Waals surface area contributed by atoms with Crippen LogP contribution in [-0.4, -0.2) is 41.3 Å². The van der Waals surface area contributed by atoms with Crippen molar-refractivity contribution in [3.63, 3.8) is 0 Å². The number of phenolic OH excluding ortho intramolecular Hbond substituents is 2. The standard InChI is InChI=1S/C30H32N2O3/c33-24-12-10-22(11-13-24)29-28(31-16-7-19-32-17-5-2-6-18-32)21-23-20-25(34)14-15-27(23)30(29)35-26-8-3-1-4-9-26/h1,3-4,8-15,20-21,31,33-34H,2,5-7,16-19H2. The molecule has 5 nitrogen and oxygen atoms in total. The van der Waals surface area contributed by atoms with Crippen LogP contribution >= 0.6 is 0 Å². The molecule has 0 radical (unpaired) electrons. The maximum atomic E-state index is 10.2. The molecule has 1 aliphatic heterocycles. The van der Waals surface area contributed by atoms with Crippen LogP contribution in [0.25, 0.3) is 21.9 Å². The van der Waals surface area contributed by atoms with E-state index in [1.807, 2.05) is 48.5 Å². The van der Waals surface area contributed by atoms with Gasteiger partial charge in [0.25, 0.3) is 0 Å². The number of likely N-dealkylation sites (tertiary alicyclic amines) is 1. The van der Waals surface area contributed by atoms with Crippen LogP contribution in [0.5, 0.6) is 23.0 Å². The van der Waals surface area contributed by atoms with E-state index in [1.54, 1.807) is 24.3 Å². The molecule has 3 N–H and O–H groups in total. The van der Waals surface area contributed by atoms with E-state index in [0.29, 0.717) is 0 Å². The second-order valence-corrected chi connectivity index (χ2v) is 9.18. The first-order valence-corrected chi connectivity index (χ1v) is 12.5. The minimum absolute atomic E-state index is 0.219. The number of hydrogen-bond donors (Lipinski definition) is 3. The van der Waals surface area contributed by atoms with Gasteiger partial charge >= 0.3 is 0 Å². The minimum Gasteiger partial charge on any atom is -0.508 e. The highest BCUT2D eigenvalue weighted by Crippen LogP contribution is 2.45. The molecular weight excluding hydrogens is 436 g/mol. The van der Waals surface area contributed by atoms with Crippen LogP contribution in [0.2, 0.25) is 0 Å². The van der Waals surface area contributed by atoms with Crippen LogP contribution in [0.3, 0.4) is 0 Å². The lowest BCUT2D eigenvalue weighted by atomic mass is 9.96. The first-order chi connectivity index (χ1) is 17.2. The molecule has 0 spiro atoms. The molecule has 1 fully saturated rings. The summed E-state index contributed by atoms with van der Waals surface area (Å²) >= 11 is 0. The van der Waals surface area contributed by atoms with E-state index in [0.717, 1.165) is 58.6 Å². The normalized spacial score (nSPS) is 14.2. The minimum atomic E-state index is 0.219. The zero-order valence-electron chi connectivity index (χ0n) is 19.9. The van der Waals surface area contributed by atoms with Crippen molar-refractivity contribution in [3.8, 4) is 34.1 Å². The second kappa shape index (κ2) is 10.7. The maximum Gasteiger partial charge on any atom is 0.145 e. The van der Waals surface area contributed by atoms with Gasteiger partial charge in [0.05, 0.1) is 0 Å². The van der Waals surface area contributed by atoms with Crippen molar-refractivity contribution in [1.29, 1.82) is 0 Å². The fourth-order valence-corrected chi connectivity index (χ4v) is 4.84. The predicted octanol–water partition coefficient (Wildman–Crippen LogP) is 7.00. The zero-order valence-corrected chi connectivity index (χ0v) is 19.9. The summed E-state index contributed by atoms with van der Waals surface area (Å²) in [5, 5.41) is 25.5. The molecule has 180 valence electrons. The number of hydrogen-bond acceptors (Lipinski definition) is 5. The molecule has 5 heteroatoms. The lowest BCUT2D eigenvalue weighted by Gasteiger charge is -2.26. The third-order valence-corrected chi connectivity index (χ3v) is 6.61. The van der Waals surface area contributed by atoms with E-state index in [1.165, 1.54) is 32.4 Å². The Hall–Kier alpha value is -3.70. The Labute approximate surface area is 206 Å². The summed E-state index contributed by atoms with van der Waals surface area (Å²) < 4.78 is 6.50. The lowest BCUT2D eigenvalue weighted by Crippen LogP contribution is -2.31. The van der Waals surface area contributed by atoms with Gasteiger partial charge in [-0.15, -0.1) is 0 Å². The summed E-state index contributed by atoms with van der Waals surface area (Å²) in [6, 6.07) is 24.4. The number of rotatable bonds is 8. The van der Waals surface area contributed by atoms with E-state index < -0.39 is 0 Å². The van der Waals surface area contributed by atoms with Crippen LogP contribution < -0.4 is 10.1 Å². The Bertz CT molecular complexity index is 1270. The number of ether oxygens (including phenoxy) is 1. The molecule has 1 heterocycles. The molecule has 0 aromatic heterocycles. The van der Waals surface area contributed by atoms with Crippen LogP contribution in [0, 0.1) is 0 Å². The molecule has 5 rings (SSSR count). The molecule has 1 aliphatic rings. The number of phenols is 2. The largest absolute Gasteiger partial charge is 0.508 e. The number of nitrogens with zero attached hydrogens (tertiary/aromatic N) is 1. The Kier molecular flexibility index (Phi) is 7.05. The number of fused-ring (bicyclic) bond motifs is 1. The van der Waals surface area contributed by atoms with Gasteiger partial charge in [0.1, 0.15) is 23.0 Å². The predicted molar refractivity (Wildman–Crippen MR) is 143 cm³/mol. The maximum absolute atomic E-state index is 10.2. The smallest absolute Gasteiger partial charge is 0.145 e. The number of para-hydroxylation sites is 1. The van der Waals surface area contributed by atoms with Gasteiger partial charge in [-0.1, -0.05) is 36.8 Å². The van der Waals surface area contributed by atoms with Gasteiger partial charge in [0, 0.05) is 23.2 Å². The van der Waals surface area contributed by atoms with Crippen molar-refractivity contribution in [1.82, 2.24) is 4.90 Å². The number of aromatic hydroxyl groups is 2. The van der Waals surface area contributed by atoms with Crippen molar-refractivity contribution in [2.45, 2.75) is 25.7 Å². The molecule has 0 bridgehead atoms. The Balaban J connectivity index is 1.54. The average molecular weight is 469 g/mol. The topological polar surface area (TPSA) is 65.0 Å². The van der Waals surface area contributed by atoms with E-state index in [4.69, 9.17) is 4.74 Å². The summed E-state index contributed by atoms with van der Waals surface area (Å²) in [6.45, 7) is 4.31. The molecule has 0 saturated carbocycles. The highest BCUT2D eigenvalue weighted by molar-refractivity contribution is 6.02. The van der Waals surface area contributed by atoms with Crippen molar-refractivity contribution in [3.05, 3.63) is 78.9 Å². The molecule has 0 aliphatic carbocycles. The summed E-state index contributed by atoms with van der Waals surface area (Å²) in [6.07, 6.45) is 4.99. The highest BCUT2D eigenvalue weighted by Gasteiger charge is 2.18. The fraction of sp³-hybridized carbons (Fsp3) is 0.267. The first-order valence-electron chi connectivity index (χ1n) is 12.5. The third kappa shape index (κ3) is 5.52. The van der Waals surface area contributed by atoms with Crippen LogP contribution in [0.15, 0.2) is 78.9 Å². The van der Waals surface area contributed by atoms with Gasteiger partial charge in [-0.25, -0.2) is 0 Å². The molecule has 4 aromatic carbocycles. The van der Waals surface area contributed by atoms with Crippen LogP contribution in [0.4, 0.5) is 5.69 Å². The molecule has 0 amide bonds. The molecule has 1 saturated heterocycles. The molecule has 0 atom stereocenters. The monoisotopic (exact) mass is 468 g/mol. The van der Waals surface area contributed by atoms with Crippen LogP contribution in [-0.2, 0) is 0 Å². The van der Waals surface area contributed by atoms with Crippen molar-refractivity contribution >= 4 is 16.5 Å². The highest BCUT2D eigenvalue weighted by atomic mass is 16.5. The first kappa shape index (κ1) is 23.1. The summed E-state index contributed by atoms with van der Waals surface area (Å²) in [5.74, 6) is 1.90. The van der Waals surface area contributed by atoms with Gasteiger partial charge < -0.3 is 25.2 Å². The number of benzene rings is 4. The van der Waals surface area contributed by atoms with E-state index in [9.17, 15) is 10.2 Å². The lowest BCUT2D eigenvalue weighted by molar-refractivity contribution is 0.228. The zero-order chi connectivity index (χ0) is 24.0. The van der Waals surface area contributed by atoms with Gasteiger partial charge in [-0.05, 0) is 98.4 Å². The molecule has 35 heavy (non-hydrogen) atoms. The van der Waals surface area contributed by atoms with Crippen molar-refractivity contribution in [2.24, 2.45) is 0 Å². The Morgan fingerprint density at radius 1 is 0.800 bits per heavy atom. The van der Waals surface area contributed by atoms with Gasteiger partial charge in [-0.3, -0.25) is 0 Å². The Morgan fingerprint density at radius 3 is 2.31 bits per heavy atom. The summed E-state index contributed by atoms with van der Waals surface area (Å²) in [4.78, 5) is 2.55.